The van der Waals surface area contributed by atoms with Gasteiger partial charge in [-0.1, -0.05) is 6.07 Å². The molecule has 39 heavy (non-hydrogen) atoms. The summed E-state index contributed by atoms with van der Waals surface area (Å²) in [4.78, 5) is 44.6. The largest absolute Gasteiger partial charge is 0.493 e. The number of rotatable bonds is 2. The van der Waals surface area contributed by atoms with E-state index in [2.05, 4.69) is 15.6 Å². The molecule has 0 unspecified atom stereocenters. The third-order valence-corrected chi connectivity index (χ3v) is 6.53. The van der Waals surface area contributed by atoms with E-state index in [1.807, 2.05) is 0 Å². The van der Waals surface area contributed by atoms with Gasteiger partial charge >= 0.3 is 0 Å². The highest BCUT2D eigenvalue weighted by Crippen LogP contribution is 2.29. The van der Waals surface area contributed by atoms with E-state index in [9.17, 15) is 18.8 Å². The zero-order valence-electron chi connectivity index (χ0n) is 21.2. The molecule has 1 fully saturated rings. The van der Waals surface area contributed by atoms with Crippen molar-refractivity contribution in [3.8, 4) is 17.2 Å². The number of benzene rings is 2. The Labute approximate surface area is 224 Å². The van der Waals surface area contributed by atoms with Crippen molar-refractivity contribution < 1.29 is 33.0 Å². The van der Waals surface area contributed by atoms with Crippen LogP contribution in [0.3, 0.4) is 0 Å². The lowest BCUT2D eigenvalue weighted by Gasteiger charge is -2.38. The number of fused-ring (bicyclic) bond motifs is 5. The third kappa shape index (κ3) is 6.08. The molecule has 0 saturated carbocycles. The Morgan fingerprint density at radius 3 is 2.82 bits per heavy atom. The van der Waals surface area contributed by atoms with Crippen LogP contribution in [0.4, 0.5) is 4.39 Å². The fourth-order valence-corrected chi connectivity index (χ4v) is 4.59. The van der Waals surface area contributed by atoms with Crippen molar-refractivity contribution in [1.82, 2.24) is 20.5 Å². The van der Waals surface area contributed by atoms with E-state index in [1.165, 1.54) is 25.3 Å². The molecule has 2 atom stereocenters. The van der Waals surface area contributed by atoms with E-state index in [-0.39, 0.29) is 42.7 Å². The standard InChI is InChI=1S/C28H27FN4O6/c1-37-24-6-5-18-12-25(24)38-16-26(34)31-14-17-10-19(29)13-20(11-17)39-23-7-9-33(15-22(23)32-27(18)35)28(36)21-4-2-3-8-30-21/h2-6,8,10-13,22-23H,7,9,14-16H2,1H3,(H,31,34)(H,32,35)/t22-,23+/m0/s1. The molecule has 0 aliphatic carbocycles. The minimum Gasteiger partial charge on any atom is -0.493 e. The van der Waals surface area contributed by atoms with Gasteiger partial charge in [-0.15, -0.1) is 0 Å². The molecule has 3 heterocycles. The molecule has 4 bridgehead atoms. The summed E-state index contributed by atoms with van der Waals surface area (Å²) < 4.78 is 31.6. The number of amides is 3. The molecule has 1 aromatic heterocycles. The zero-order chi connectivity index (χ0) is 27.4. The average Bonchev–Trinajstić information content (AvgIpc) is 2.95. The highest BCUT2D eigenvalue weighted by Gasteiger charge is 2.35. The molecule has 3 aromatic rings. The maximum absolute atomic E-state index is 14.4. The van der Waals surface area contributed by atoms with Crippen LogP contribution in [0.25, 0.3) is 0 Å². The van der Waals surface area contributed by atoms with Crippen LogP contribution in [0, 0.1) is 5.82 Å². The number of hydrogen-bond acceptors (Lipinski definition) is 7. The zero-order valence-corrected chi connectivity index (χ0v) is 21.2. The molecule has 5 rings (SSSR count). The first kappa shape index (κ1) is 26.0. The second kappa shape index (κ2) is 11.4. The minimum absolute atomic E-state index is 0.0602. The Kier molecular flexibility index (Phi) is 7.57. The molecule has 0 radical (unpaired) electrons. The fraction of sp³-hybridized carbons (Fsp3) is 0.286. The molecule has 2 aliphatic heterocycles. The van der Waals surface area contributed by atoms with E-state index in [1.54, 1.807) is 47.5 Å². The lowest BCUT2D eigenvalue weighted by molar-refractivity contribution is -0.123. The van der Waals surface area contributed by atoms with Gasteiger partial charge in [-0.2, -0.15) is 0 Å². The van der Waals surface area contributed by atoms with Crippen molar-refractivity contribution in [2.75, 3.05) is 26.8 Å². The van der Waals surface area contributed by atoms with Crippen molar-refractivity contribution in [2.24, 2.45) is 0 Å². The SMILES string of the molecule is COc1ccc2cc1OCC(=O)NCc1cc(F)cc(c1)O[C@@H]1CCN(C(=O)c3ccccn3)C[C@@H]1NC2=O. The van der Waals surface area contributed by atoms with Gasteiger partial charge in [0.25, 0.3) is 17.7 Å². The predicted molar refractivity (Wildman–Crippen MR) is 137 cm³/mol. The van der Waals surface area contributed by atoms with Crippen LogP contribution in [-0.2, 0) is 11.3 Å². The molecule has 2 aromatic carbocycles. The summed E-state index contributed by atoms with van der Waals surface area (Å²) in [5.74, 6) is -0.856. The van der Waals surface area contributed by atoms with Crippen LogP contribution in [-0.4, -0.2) is 66.6 Å². The number of carbonyl (C=O) groups is 3. The lowest BCUT2D eigenvalue weighted by Crippen LogP contribution is -2.58. The number of piperidine rings is 1. The highest BCUT2D eigenvalue weighted by atomic mass is 19.1. The van der Waals surface area contributed by atoms with Gasteiger partial charge in [0.15, 0.2) is 18.1 Å². The maximum atomic E-state index is 14.4. The fourth-order valence-electron chi connectivity index (χ4n) is 4.59. The molecule has 202 valence electrons. The Bertz CT molecular complexity index is 1390. The number of nitrogens with one attached hydrogen (secondary N) is 2. The number of carbonyl (C=O) groups excluding carboxylic acids is 3. The molecule has 2 N–H and O–H groups in total. The first-order valence-corrected chi connectivity index (χ1v) is 12.4. The monoisotopic (exact) mass is 534 g/mol. The minimum atomic E-state index is -0.621. The summed E-state index contributed by atoms with van der Waals surface area (Å²) in [6.07, 6.45) is 1.36. The summed E-state index contributed by atoms with van der Waals surface area (Å²) in [6.45, 7) is 0.231. The molecule has 2 aliphatic rings. The van der Waals surface area contributed by atoms with Gasteiger partial charge in [-0.05, 0) is 48.0 Å². The molecule has 1 saturated heterocycles. The van der Waals surface area contributed by atoms with E-state index >= 15 is 0 Å². The van der Waals surface area contributed by atoms with Gasteiger partial charge in [0.2, 0.25) is 0 Å². The molecular formula is C28H27FN4O6. The van der Waals surface area contributed by atoms with Gasteiger partial charge in [0.05, 0.1) is 13.2 Å². The van der Waals surface area contributed by atoms with E-state index in [0.29, 0.717) is 30.0 Å². The van der Waals surface area contributed by atoms with Gasteiger partial charge < -0.3 is 29.7 Å². The average molecular weight is 535 g/mol. The number of nitrogens with zero attached hydrogens (tertiary/aromatic N) is 2. The Balaban J connectivity index is 1.47. The van der Waals surface area contributed by atoms with E-state index in [4.69, 9.17) is 14.2 Å². The second-order valence-electron chi connectivity index (χ2n) is 9.22. The number of ether oxygens (including phenoxy) is 3. The number of halogens is 1. The van der Waals surface area contributed by atoms with Crippen molar-refractivity contribution >= 4 is 17.7 Å². The summed E-state index contributed by atoms with van der Waals surface area (Å²) in [6, 6.07) is 13.3. The van der Waals surface area contributed by atoms with Crippen LogP contribution in [0.5, 0.6) is 17.2 Å². The number of hydrogen-bond donors (Lipinski definition) is 2. The molecule has 10 nitrogen and oxygen atoms in total. The Morgan fingerprint density at radius 2 is 2.03 bits per heavy atom. The van der Waals surface area contributed by atoms with Gasteiger partial charge in [0.1, 0.15) is 23.4 Å². The van der Waals surface area contributed by atoms with Crippen molar-refractivity contribution in [3.05, 3.63) is 83.4 Å². The van der Waals surface area contributed by atoms with Gasteiger partial charge in [-0.25, -0.2) is 4.39 Å². The van der Waals surface area contributed by atoms with Crippen molar-refractivity contribution in [2.45, 2.75) is 25.1 Å². The number of likely N-dealkylation sites (tertiary alicyclic amines) is 1. The molecule has 0 spiro atoms. The topological polar surface area (TPSA) is 119 Å². The Hall–Kier alpha value is -4.67. The first-order chi connectivity index (χ1) is 18.9. The highest BCUT2D eigenvalue weighted by molar-refractivity contribution is 5.95. The van der Waals surface area contributed by atoms with Crippen LogP contribution in [0.2, 0.25) is 0 Å². The van der Waals surface area contributed by atoms with Gasteiger partial charge in [0, 0.05) is 43.9 Å². The second-order valence-corrected chi connectivity index (χ2v) is 9.22. The Morgan fingerprint density at radius 1 is 1.15 bits per heavy atom. The van der Waals surface area contributed by atoms with E-state index in [0.717, 1.165) is 0 Å². The van der Waals surface area contributed by atoms with Crippen molar-refractivity contribution in [3.63, 3.8) is 0 Å². The van der Waals surface area contributed by atoms with E-state index < -0.39 is 29.8 Å². The normalized spacial score (nSPS) is 19.5. The lowest BCUT2D eigenvalue weighted by atomic mass is 10.00. The van der Waals surface area contributed by atoms with Crippen molar-refractivity contribution in [1.29, 1.82) is 0 Å². The maximum Gasteiger partial charge on any atom is 0.272 e. The summed E-state index contributed by atoms with van der Waals surface area (Å²) >= 11 is 0. The molecule has 11 heteroatoms. The number of methoxy groups -OCH3 is 1. The molecular weight excluding hydrogens is 507 g/mol. The number of pyridine rings is 1. The van der Waals surface area contributed by atoms with Crippen LogP contribution in [0.15, 0.2) is 60.8 Å². The first-order valence-electron chi connectivity index (χ1n) is 12.4. The summed E-state index contributed by atoms with van der Waals surface area (Å²) in [5.41, 5.74) is 1.05. The van der Waals surface area contributed by atoms with Crippen LogP contribution in [0.1, 0.15) is 32.8 Å². The van der Waals surface area contributed by atoms with Crippen LogP contribution < -0.4 is 24.8 Å². The smallest absolute Gasteiger partial charge is 0.272 e. The summed E-state index contributed by atoms with van der Waals surface area (Å²) in [7, 11) is 1.45. The van der Waals surface area contributed by atoms with Gasteiger partial charge in [-0.3, -0.25) is 19.4 Å². The quantitative estimate of drug-likeness (QED) is 0.518. The molecule has 3 amide bonds. The summed E-state index contributed by atoms with van der Waals surface area (Å²) in [5, 5.41) is 5.66. The predicted octanol–water partition coefficient (Wildman–Crippen LogP) is 2.33. The number of aromatic nitrogens is 1. The third-order valence-electron chi connectivity index (χ3n) is 6.53. The van der Waals surface area contributed by atoms with Crippen LogP contribution >= 0.6 is 0 Å².